The molecule has 6 rings (SSSR count). The molecule has 0 nitrogen and oxygen atoms in total. The van der Waals surface area contributed by atoms with Gasteiger partial charge in [0.1, 0.15) is 0 Å². The van der Waals surface area contributed by atoms with Gasteiger partial charge in [0, 0.05) is 0 Å². The first-order valence-electron chi connectivity index (χ1n) is 16.6. The van der Waals surface area contributed by atoms with Crippen molar-refractivity contribution in [2.24, 2.45) is 0 Å². The van der Waals surface area contributed by atoms with Crippen LogP contribution in [0.5, 0.6) is 0 Å². The number of aryl methyl sites for hydroxylation is 2. The molecule has 0 aliphatic heterocycles. The Balaban J connectivity index is 0.000000260. The Morgan fingerprint density at radius 2 is 1.12 bits per heavy atom. The molecule has 0 saturated heterocycles. The minimum atomic E-state index is 0. The van der Waals surface area contributed by atoms with E-state index < -0.39 is 0 Å². The summed E-state index contributed by atoms with van der Waals surface area (Å²) in [4.78, 5) is 0. The predicted molar refractivity (Wildman–Crippen MR) is 197 cm³/mol. The first-order valence-corrected chi connectivity index (χ1v) is 17.8. The Morgan fingerprint density at radius 1 is 0.625 bits per heavy atom. The summed E-state index contributed by atoms with van der Waals surface area (Å²) in [6.07, 6.45) is 1.03. The summed E-state index contributed by atoms with van der Waals surface area (Å²) < 4.78 is 1.42. The monoisotopic (exact) mass is 752 g/mol. The molecule has 0 amide bonds. The fourth-order valence-corrected chi connectivity index (χ4v) is 6.79. The van der Waals surface area contributed by atoms with E-state index in [-0.39, 0.29) is 35.6 Å². The predicted octanol–water partition coefficient (Wildman–Crippen LogP) is 5.78. The maximum absolute atomic E-state index is 3.53. The van der Waals surface area contributed by atoms with Gasteiger partial charge >= 0.3 is 99.2 Å². The van der Waals surface area contributed by atoms with Crippen LogP contribution in [-0.4, -0.2) is 3.21 Å². The molecule has 48 heavy (non-hydrogen) atoms. The van der Waals surface area contributed by atoms with Crippen molar-refractivity contribution in [1.82, 2.24) is 0 Å². The topological polar surface area (TPSA) is 0 Å². The molecular formula is C45H52Cl2Zr-2. The molecule has 0 aromatic heterocycles. The first-order chi connectivity index (χ1) is 21.4. The molecule has 0 N–H and O–H groups in total. The van der Waals surface area contributed by atoms with Crippen molar-refractivity contribution in [2.45, 2.75) is 98.8 Å². The number of hydrogen-bond donors (Lipinski definition) is 0. The molecule has 252 valence electrons. The molecule has 5 aromatic carbocycles. The molecule has 0 radical (unpaired) electrons. The van der Waals surface area contributed by atoms with Crippen LogP contribution in [0.15, 0.2) is 103 Å². The SMILES string of the molecule is CC(C)(C)c1c[c-]c2c(c1)-c1cc(C(C)(C)C)ccc1C2.Cc1cc(C(C)(C)C)c(C)[cH-]1.[Cl-].[Cl-].[Zr+2]=[C](c1ccccc1)c1ccccc1. The molecule has 5 aromatic rings. The molecule has 0 bridgehead atoms. The van der Waals surface area contributed by atoms with Crippen LogP contribution < -0.4 is 24.8 Å². The van der Waals surface area contributed by atoms with Gasteiger partial charge < -0.3 is 24.8 Å². The van der Waals surface area contributed by atoms with E-state index in [1.54, 1.807) is 0 Å². The van der Waals surface area contributed by atoms with Crippen LogP contribution >= 0.6 is 0 Å². The third-order valence-corrected chi connectivity index (χ3v) is 10.1. The van der Waals surface area contributed by atoms with Crippen LogP contribution in [0.4, 0.5) is 0 Å². The standard InChI is InChI=1S/C21H25.C13H10.C11H17.2ClH.Zr/c1-20(2,3)16-9-7-14-11-15-8-10-17(21(4,5)6)13-19(15)18(14)12-16;1-3-7-12(8-4-1)11-13-9-5-2-6-10-13;1-8-6-9(2)10(7-8)11(3,4)5;;;/h7,9-10,12-13H,11H2,1-6H3;1-10H;6-7H,1-5H3;2*1H;/q-1;;-1;;;+2/p-2. The van der Waals surface area contributed by atoms with E-state index in [1.165, 1.54) is 88.6 Å². The number of benzene rings is 4. The number of hydrogen-bond acceptors (Lipinski definition) is 0. The molecule has 0 spiro atoms. The van der Waals surface area contributed by atoms with Crippen molar-refractivity contribution in [3.63, 3.8) is 0 Å². The van der Waals surface area contributed by atoms with E-state index in [0.717, 1.165) is 6.42 Å². The van der Waals surface area contributed by atoms with Gasteiger partial charge in [-0.25, -0.2) is 6.07 Å². The van der Waals surface area contributed by atoms with Gasteiger partial charge in [0.25, 0.3) is 0 Å². The second kappa shape index (κ2) is 17.0. The van der Waals surface area contributed by atoms with Gasteiger partial charge in [0.15, 0.2) is 0 Å². The van der Waals surface area contributed by atoms with Crippen LogP contribution in [-0.2, 0) is 46.9 Å². The molecule has 1 aliphatic rings. The summed E-state index contributed by atoms with van der Waals surface area (Å²) in [5.41, 5.74) is 16.0. The minimum absolute atomic E-state index is 0. The van der Waals surface area contributed by atoms with E-state index in [2.05, 4.69) is 185 Å². The second-order valence-electron chi connectivity index (χ2n) is 15.8. The van der Waals surface area contributed by atoms with Gasteiger partial charge in [-0.05, 0) is 17.4 Å². The van der Waals surface area contributed by atoms with Gasteiger partial charge in [0.05, 0.1) is 0 Å². The van der Waals surface area contributed by atoms with E-state index in [4.69, 9.17) is 0 Å². The third-order valence-electron chi connectivity index (χ3n) is 8.70. The zero-order valence-corrected chi connectivity index (χ0v) is 34.7. The molecule has 1 aliphatic carbocycles. The number of halogens is 2. The van der Waals surface area contributed by atoms with Gasteiger partial charge in [-0.2, -0.15) is 52.1 Å². The Bertz CT molecular complexity index is 1670. The molecule has 0 heterocycles. The summed E-state index contributed by atoms with van der Waals surface area (Å²) in [7, 11) is 0. The van der Waals surface area contributed by atoms with Crippen molar-refractivity contribution in [1.29, 1.82) is 0 Å². The van der Waals surface area contributed by atoms with E-state index >= 15 is 0 Å². The summed E-state index contributed by atoms with van der Waals surface area (Å²) in [5, 5.41) is 0. The normalized spacial score (nSPS) is 11.8. The zero-order valence-electron chi connectivity index (χ0n) is 30.8. The van der Waals surface area contributed by atoms with Gasteiger partial charge in [-0.1, -0.05) is 116 Å². The quantitative estimate of drug-likeness (QED) is 0.197. The van der Waals surface area contributed by atoms with Crippen molar-refractivity contribution in [3.05, 3.63) is 159 Å². The van der Waals surface area contributed by atoms with Crippen molar-refractivity contribution < 1.29 is 49.0 Å². The molecular weight excluding hydrogens is 703 g/mol. The van der Waals surface area contributed by atoms with Gasteiger partial charge in [0.2, 0.25) is 0 Å². The molecule has 3 heteroatoms. The van der Waals surface area contributed by atoms with Crippen molar-refractivity contribution >= 4 is 3.21 Å². The molecule has 0 unspecified atom stereocenters. The van der Waals surface area contributed by atoms with Gasteiger partial charge in [-0.15, -0.1) is 5.56 Å². The zero-order chi connectivity index (χ0) is 33.9. The van der Waals surface area contributed by atoms with Crippen molar-refractivity contribution in [2.75, 3.05) is 0 Å². The fraction of sp³-hybridized carbons (Fsp3) is 0.333. The Morgan fingerprint density at radius 3 is 1.54 bits per heavy atom. The average molecular weight is 755 g/mol. The van der Waals surface area contributed by atoms with Crippen LogP contribution in [0.1, 0.15) is 112 Å². The van der Waals surface area contributed by atoms with Gasteiger partial charge in [-0.3, -0.25) is 0 Å². The molecule has 0 fully saturated rings. The third kappa shape index (κ3) is 10.8. The molecule has 0 atom stereocenters. The maximum atomic E-state index is 3.53. The van der Waals surface area contributed by atoms with E-state index in [1.807, 2.05) is 0 Å². The van der Waals surface area contributed by atoms with E-state index in [9.17, 15) is 0 Å². The van der Waals surface area contributed by atoms with Crippen LogP contribution in [0.25, 0.3) is 11.1 Å². The summed E-state index contributed by atoms with van der Waals surface area (Å²) in [6.45, 7) is 24.8. The van der Waals surface area contributed by atoms with Crippen LogP contribution in [0.3, 0.4) is 0 Å². The number of fused-ring (bicyclic) bond motifs is 3. The Hall–Kier alpha value is -2.44. The second-order valence-corrected chi connectivity index (χ2v) is 17.0. The average Bonchev–Trinajstić information content (AvgIpc) is 3.55. The van der Waals surface area contributed by atoms with Crippen LogP contribution in [0.2, 0.25) is 0 Å². The Labute approximate surface area is 319 Å². The Kier molecular flexibility index (Phi) is 14.8. The van der Waals surface area contributed by atoms with Crippen molar-refractivity contribution in [3.8, 4) is 11.1 Å². The summed E-state index contributed by atoms with van der Waals surface area (Å²) in [6, 6.07) is 40.7. The summed E-state index contributed by atoms with van der Waals surface area (Å²) in [5.74, 6) is 0. The molecule has 0 saturated carbocycles. The fourth-order valence-electron chi connectivity index (χ4n) is 5.97. The first kappa shape index (κ1) is 41.7. The van der Waals surface area contributed by atoms with E-state index in [0.29, 0.717) is 5.41 Å². The summed E-state index contributed by atoms with van der Waals surface area (Å²) >= 11 is 1.46. The number of rotatable bonds is 2. The van der Waals surface area contributed by atoms with Crippen LogP contribution in [0, 0.1) is 19.9 Å².